The Morgan fingerprint density at radius 3 is 2.80 bits per heavy atom. The number of fused-ring (bicyclic) bond motifs is 1. The second kappa shape index (κ2) is 5.66. The second-order valence-corrected chi connectivity index (χ2v) is 6.37. The normalized spacial score (nSPS) is 19.6. The van der Waals surface area contributed by atoms with Crippen LogP contribution in [0.25, 0.3) is 11.5 Å². The third kappa shape index (κ3) is 2.58. The predicted octanol–water partition coefficient (Wildman–Crippen LogP) is 2.49. The minimum Gasteiger partial charge on any atom is -0.497 e. The molecule has 0 saturated heterocycles. The van der Waals surface area contributed by atoms with Gasteiger partial charge in [0.25, 0.3) is 0 Å². The first-order valence-electron chi connectivity index (χ1n) is 8.33. The number of rotatable bonds is 4. The Bertz CT molecular complexity index is 897. The largest absolute Gasteiger partial charge is 0.497 e. The number of hydrogen-bond acceptors (Lipinski definition) is 7. The summed E-state index contributed by atoms with van der Waals surface area (Å²) in [5, 5.41) is 12.6. The van der Waals surface area contributed by atoms with Crippen LogP contribution in [0.15, 0.2) is 28.8 Å². The van der Waals surface area contributed by atoms with Gasteiger partial charge in [0.15, 0.2) is 5.69 Å². The average Bonchev–Trinajstić information content (AvgIpc) is 3.25. The number of aromatic nitrogens is 5. The summed E-state index contributed by atoms with van der Waals surface area (Å²) in [6.07, 6.45) is 2.17. The van der Waals surface area contributed by atoms with Gasteiger partial charge in [0.05, 0.1) is 26.0 Å². The van der Waals surface area contributed by atoms with E-state index in [-0.39, 0.29) is 6.10 Å². The smallest absolute Gasteiger partial charge is 0.230 e. The Hall–Kier alpha value is -2.74. The molecule has 8 heteroatoms. The molecule has 1 aromatic carbocycles. The van der Waals surface area contributed by atoms with E-state index in [0.29, 0.717) is 36.5 Å². The number of nitrogens with zero attached hydrogens (tertiary/aromatic N) is 5. The highest BCUT2D eigenvalue weighted by Gasteiger charge is 2.32. The van der Waals surface area contributed by atoms with Gasteiger partial charge in [-0.15, -0.1) is 5.10 Å². The lowest BCUT2D eigenvalue weighted by atomic mass is 10.1. The molecule has 8 nitrogen and oxygen atoms in total. The zero-order valence-electron chi connectivity index (χ0n) is 13.8. The Balaban J connectivity index is 1.39. The molecule has 3 heterocycles. The molecular formula is C17H17N5O3. The fourth-order valence-corrected chi connectivity index (χ4v) is 3.03. The molecule has 0 N–H and O–H groups in total. The van der Waals surface area contributed by atoms with Crippen molar-refractivity contribution < 1.29 is 14.0 Å². The van der Waals surface area contributed by atoms with Gasteiger partial charge in [-0.25, -0.2) is 4.68 Å². The lowest BCUT2D eigenvalue weighted by Gasteiger charge is -2.24. The second-order valence-electron chi connectivity index (χ2n) is 6.37. The molecule has 0 unspecified atom stereocenters. The number of ether oxygens (including phenoxy) is 2. The molecule has 0 spiro atoms. The Labute approximate surface area is 143 Å². The van der Waals surface area contributed by atoms with Gasteiger partial charge in [0.2, 0.25) is 11.7 Å². The molecule has 0 radical (unpaired) electrons. The molecule has 2 aromatic heterocycles. The van der Waals surface area contributed by atoms with Crippen molar-refractivity contribution in [2.24, 2.45) is 0 Å². The molecule has 2 aliphatic rings. The van der Waals surface area contributed by atoms with E-state index in [0.717, 1.165) is 29.8 Å². The molecule has 5 rings (SSSR count). The first-order chi connectivity index (χ1) is 12.3. The minimum absolute atomic E-state index is 0.0692. The summed E-state index contributed by atoms with van der Waals surface area (Å²) in [6.45, 7) is 1.01. The monoisotopic (exact) mass is 339 g/mol. The molecule has 1 fully saturated rings. The third-order valence-electron chi connectivity index (χ3n) is 4.67. The van der Waals surface area contributed by atoms with Crippen LogP contribution >= 0.6 is 0 Å². The minimum atomic E-state index is -0.0692. The van der Waals surface area contributed by atoms with E-state index in [9.17, 15) is 0 Å². The van der Waals surface area contributed by atoms with Crippen LogP contribution in [0, 0.1) is 0 Å². The Morgan fingerprint density at radius 1 is 1.20 bits per heavy atom. The van der Waals surface area contributed by atoms with E-state index in [2.05, 4.69) is 20.5 Å². The van der Waals surface area contributed by atoms with E-state index in [1.54, 1.807) is 7.11 Å². The summed E-state index contributed by atoms with van der Waals surface area (Å²) in [5.74, 6) is 2.44. The van der Waals surface area contributed by atoms with Gasteiger partial charge >= 0.3 is 0 Å². The fourth-order valence-electron chi connectivity index (χ4n) is 3.03. The van der Waals surface area contributed by atoms with Crippen molar-refractivity contribution in [3.8, 4) is 17.3 Å². The van der Waals surface area contributed by atoms with Crippen molar-refractivity contribution in [2.75, 3.05) is 7.11 Å². The number of hydrogen-bond donors (Lipinski definition) is 0. The van der Waals surface area contributed by atoms with Crippen molar-refractivity contribution >= 4 is 0 Å². The first-order valence-corrected chi connectivity index (χ1v) is 8.33. The van der Waals surface area contributed by atoms with Crippen molar-refractivity contribution in [1.29, 1.82) is 0 Å². The van der Waals surface area contributed by atoms with E-state index < -0.39 is 0 Å². The Morgan fingerprint density at radius 2 is 2.04 bits per heavy atom. The lowest BCUT2D eigenvalue weighted by molar-refractivity contribution is -0.00114. The lowest BCUT2D eigenvalue weighted by Crippen LogP contribution is -2.22. The number of benzene rings is 1. The molecular weight excluding hydrogens is 322 g/mol. The zero-order chi connectivity index (χ0) is 16.8. The van der Waals surface area contributed by atoms with Crippen molar-refractivity contribution in [3.05, 3.63) is 41.4 Å². The summed E-state index contributed by atoms with van der Waals surface area (Å²) in [7, 11) is 1.65. The first kappa shape index (κ1) is 14.6. The van der Waals surface area contributed by atoms with E-state index in [1.807, 2.05) is 28.9 Å². The fraction of sp³-hybridized carbons (Fsp3) is 0.412. The van der Waals surface area contributed by atoms with Crippen molar-refractivity contribution in [2.45, 2.75) is 38.0 Å². The van der Waals surface area contributed by atoms with Crippen LogP contribution in [0.5, 0.6) is 5.75 Å². The van der Waals surface area contributed by atoms with Gasteiger partial charge in [-0.05, 0) is 30.5 Å². The van der Waals surface area contributed by atoms with Crippen LogP contribution in [0.1, 0.15) is 42.0 Å². The summed E-state index contributed by atoms with van der Waals surface area (Å²) >= 11 is 0. The molecule has 1 saturated carbocycles. The van der Waals surface area contributed by atoms with Crippen LogP contribution in [0.3, 0.4) is 0 Å². The molecule has 128 valence electrons. The molecule has 1 aliphatic heterocycles. The van der Waals surface area contributed by atoms with Crippen molar-refractivity contribution in [1.82, 2.24) is 25.1 Å². The maximum Gasteiger partial charge on any atom is 0.230 e. The van der Waals surface area contributed by atoms with Crippen LogP contribution in [-0.2, 0) is 17.9 Å². The van der Waals surface area contributed by atoms with Crippen LogP contribution in [-0.4, -0.2) is 32.2 Å². The SMILES string of the molecule is COc1ccc([C@@H]2Cn3nnc(-c4noc(C5CC5)n4)c3CO2)cc1. The molecule has 0 bridgehead atoms. The van der Waals surface area contributed by atoms with E-state index >= 15 is 0 Å². The standard InChI is InChI=1S/C17H17N5O3/c1-23-12-6-4-10(5-7-12)14-8-22-13(9-24-14)15(19-21-22)16-18-17(25-20-16)11-2-3-11/h4-7,11,14H,2-3,8-9H2,1H3/t14-/m0/s1. The van der Waals surface area contributed by atoms with E-state index in [1.165, 1.54) is 0 Å². The van der Waals surface area contributed by atoms with Gasteiger partial charge in [-0.2, -0.15) is 4.98 Å². The summed E-state index contributed by atoms with van der Waals surface area (Å²) in [5.41, 5.74) is 2.61. The average molecular weight is 339 g/mol. The van der Waals surface area contributed by atoms with Crippen molar-refractivity contribution in [3.63, 3.8) is 0 Å². The zero-order valence-corrected chi connectivity index (χ0v) is 13.8. The highest BCUT2D eigenvalue weighted by molar-refractivity contribution is 5.51. The maximum absolute atomic E-state index is 6.02. The maximum atomic E-state index is 6.02. The quantitative estimate of drug-likeness (QED) is 0.721. The summed E-state index contributed by atoms with van der Waals surface area (Å²) in [6, 6.07) is 7.88. The van der Waals surface area contributed by atoms with Crippen LogP contribution in [0.2, 0.25) is 0 Å². The van der Waals surface area contributed by atoms with Crippen LogP contribution in [0.4, 0.5) is 0 Å². The predicted molar refractivity (Wildman–Crippen MR) is 85.8 cm³/mol. The van der Waals surface area contributed by atoms with Crippen LogP contribution < -0.4 is 4.74 Å². The van der Waals surface area contributed by atoms with E-state index in [4.69, 9.17) is 14.0 Å². The topological polar surface area (TPSA) is 88.1 Å². The summed E-state index contributed by atoms with van der Waals surface area (Å²) < 4.78 is 18.4. The van der Waals surface area contributed by atoms with Gasteiger partial charge in [-0.3, -0.25) is 0 Å². The Kier molecular flexibility index (Phi) is 3.30. The van der Waals surface area contributed by atoms with Gasteiger partial charge in [0.1, 0.15) is 11.9 Å². The highest BCUT2D eigenvalue weighted by Crippen LogP contribution is 2.39. The highest BCUT2D eigenvalue weighted by atomic mass is 16.5. The van der Waals surface area contributed by atoms with Gasteiger partial charge in [-0.1, -0.05) is 22.5 Å². The molecule has 1 aliphatic carbocycles. The molecule has 25 heavy (non-hydrogen) atoms. The summed E-state index contributed by atoms with van der Waals surface area (Å²) in [4.78, 5) is 4.46. The third-order valence-corrected chi connectivity index (χ3v) is 4.67. The van der Waals surface area contributed by atoms with Gasteiger partial charge < -0.3 is 14.0 Å². The molecule has 0 amide bonds. The molecule has 3 aromatic rings. The van der Waals surface area contributed by atoms with Gasteiger partial charge in [0, 0.05) is 5.92 Å². The molecule has 1 atom stereocenters. The number of methoxy groups -OCH3 is 1.